The number of nitriles is 1. The van der Waals surface area contributed by atoms with Gasteiger partial charge in [-0.25, -0.2) is 4.68 Å². The normalized spacial score (nSPS) is 25.3. The van der Waals surface area contributed by atoms with Gasteiger partial charge in [0, 0.05) is 18.0 Å². The minimum absolute atomic E-state index is 0.00623. The van der Waals surface area contributed by atoms with Gasteiger partial charge in [0.1, 0.15) is 5.15 Å². The average molecular weight is 322 g/mol. The van der Waals surface area contributed by atoms with Gasteiger partial charge in [0.25, 0.3) is 0 Å². The Kier molecular flexibility index (Phi) is 4.25. The molecule has 22 heavy (non-hydrogen) atoms. The Morgan fingerprint density at radius 3 is 2.68 bits per heavy atom. The van der Waals surface area contributed by atoms with Crippen LogP contribution < -0.4 is 10.6 Å². The van der Waals surface area contributed by atoms with E-state index in [0.717, 1.165) is 12.8 Å². The van der Waals surface area contributed by atoms with Gasteiger partial charge in [-0.1, -0.05) is 30.9 Å². The molecule has 0 spiro atoms. The second-order valence-corrected chi connectivity index (χ2v) is 6.64. The summed E-state index contributed by atoms with van der Waals surface area (Å²) in [6, 6.07) is 2.07. The molecule has 0 aliphatic heterocycles. The summed E-state index contributed by atoms with van der Waals surface area (Å²) in [4.78, 5) is 12.7. The Balaban J connectivity index is 1.74. The molecule has 1 heterocycles. The number of nitrogens with two attached hydrogens (primary N) is 1. The van der Waals surface area contributed by atoms with Crippen molar-refractivity contribution in [2.45, 2.75) is 57.0 Å². The molecule has 7 heteroatoms. The molecule has 1 aromatic rings. The van der Waals surface area contributed by atoms with Gasteiger partial charge in [0.15, 0.2) is 12.0 Å². The maximum Gasteiger partial charge on any atom is 0.220 e. The van der Waals surface area contributed by atoms with Gasteiger partial charge in [0.2, 0.25) is 5.91 Å². The first-order chi connectivity index (χ1) is 10.6. The molecule has 0 bridgehead atoms. The van der Waals surface area contributed by atoms with Gasteiger partial charge in [0.05, 0.1) is 6.04 Å². The van der Waals surface area contributed by atoms with Crippen LogP contribution >= 0.6 is 11.6 Å². The summed E-state index contributed by atoms with van der Waals surface area (Å²) in [5.41, 5.74) is 5.28. The summed E-state index contributed by atoms with van der Waals surface area (Å²) < 4.78 is 1.85. The van der Waals surface area contributed by atoms with Crippen LogP contribution in [0.15, 0.2) is 6.07 Å². The van der Waals surface area contributed by atoms with Gasteiger partial charge < -0.3 is 5.73 Å². The molecule has 1 aromatic heterocycles. The largest absolute Gasteiger partial charge is 0.369 e. The molecular weight excluding hydrogens is 302 g/mol. The minimum atomic E-state index is -0.292. The molecule has 2 N–H and O–H groups in total. The van der Waals surface area contributed by atoms with E-state index in [4.69, 9.17) is 17.3 Å². The van der Waals surface area contributed by atoms with Gasteiger partial charge >= 0.3 is 0 Å². The van der Waals surface area contributed by atoms with Crippen LogP contribution in [0.2, 0.25) is 5.15 Å². The number of carbonyl (C=O) groups is 1. The molecule has 6 nitrogen and oxygen atoms in total. The minimum Gasteiger partial charge on any atom is -0.369 e. The van der Waals surface area contributed by atoms with Crippen LogP contribution in [-0.4, -0.2) is 21.7 Å². The molecule has 2 aliphatic rings. The van der Waals surface area contributed by atoms with E-state index in [1.165, 1.54) is 19.3 Å². The first-order valence-electron chi connectivity index (χ1n) is 7.83. The number of hydrogen-bond acceptors (Lipinski definition) is 4. The highest BCUT2D eigenvalue weighted by Gasteiger charge is 2.38. The number of primary amides is 1. The van der Waals surface area contributed by atoms with E-state index in [2.05, 4.69) is 11.3 Å². The standard InChI is InChI=1S/C15H20ClN5O/c16-13-8-14(19-21(13)11-4-2-1-3-5-11)20(9-17)12-6-10(7-12)15(18)22/h8,10-12H,1-7H2,(H2,18,22). The van der Waals surface area contributed by atoms with Crippen LogP contribution in [0.1, 0.15) is 51.0 Å². The third kappa shape index (κ3) is 2.78. The number of carbonyl (C=O) groups excluding carboxylic acids is 1. The third-order valence-electron chi connectivity index (χ3n) is 4.83. The van der Waals surface area contributed by atoms with Crippen LogP contribution in [0, 0.1) is 17.4 Å². The maximum absolute atomic E-state index is 11.1. The SMILES string of the molecule is N#CN(c1cc(Cl)n(C2CCCCC2)n1)C1CC(C(N)=O)C1. The number of rotatable bonds is 4. The number of anilines is 1. The van der Waals surface area contributed by atoms with E-state index >= 15 is 0 Å². The molecule has 118 valence electrons. The topological polar surface area (TPSA) is 87.9 Å². The number of aromatic nitrogens is 2. The van der Waals surface area contributed by atoms with Crippen molar-refractivity contribution in [2.24, 2.45) is 11.7 Å². The first kappa shape index (κ1) is 15.2. The van der Waals surface area contributed by atoms with E-state index in [-0.39, 0.29) is 17.9 Å². The molecule has 0 atom stereocenters. The highest BCUT2D eigenvalue weighted by molar-refractivity contribution is 6.29. The van der Waals surface area contributed by atoms with Crippen LogP contribution in [0.5, 0.6) is 0 Å². The Morgan fingerprint density at radius 2 is 2.09 bits per heavy atom. The average Bonchev–Trinajstić information content (AvgIpc) is 2.84. The molecule has 2 saturated carbocycles. The molecule has 2 aliphatic carbocycles. The van der Waals surface area contributed by atoms with Gasteiger partial charge in [-0.05, 0) is 25.7 Å². The first-order valence-corrected chi connectivity index (χ1v) is 8.21. The van der Waals surface area contributed by atoms with E-state index in [9.17, 15) is 10.1 Å². The van der Waals surface area contributed by atoms with Crippen LogP contribution in [0.4, 0.5) is 5.82 Å². The van der Waals surface area contributed by atoms with Crippen molar-refractivity contribution in [1.29, 1.82) is 5.26 Å². The lowest BCUT2D eigenvalue weighted by Gasteiger charge is -2.37. The molecular formula is C15H20ClN5O. The van der Waals surface area contributed by atoms with Crippen molar-refractivity contribution in [3.8, 4) is 6.19 Å². The lowest BCUT2D eigenvalue weighted by atomic mass is 9.79. The maximum atomic E-state index is 11.1. The lowest BCUT2D eigenvalue weighted by molar-refractivity contribution is -0.124. The van der Waals surface area contributed by atoms with Gasteiger partial charge in [-0.15, -0.1) is 0 Å². The zero-order valence-corrected chi connectivity index (χ0v) is 13.2. The summed E-state index contributed by atoms with van der Waals surface area (Å²) in [5.74, 6) is 0.155. The van der Waals surface area contributed by atoms with E-state index in [1.807, 2.05) is 4.68 Å². The molecule has 0 saturated heterocycles. The number of hydrogen-bond donors (Lipinski definition) is 1. The monoisotopic (exact) mass is 321 g/mol. The van der Waals surface area contributed by atoms with Crippen LogP contribution in [-0.2, 0) is 4.79 Å². The fraction of sp³-hybridized carbons (Fsp3) is 0.667. The molecule has 3 rings (SSSR count). The molecule has 1 amide bonds. The fourth-order valence-electron chi connectivity index (χ4n) is 3.41. The Labute approximate surface area is 134 Å². The molecule has 0 aromatic carbocycles. The van der Waals surface area contributed by atoms with Crippen LogP contribution in [0.25, 0.3) is 0 Å². The van der Waals surface area contributed by atoms with Crippen molar-refractivity contribution in [3.05, 3.63) is 11.2 Å². The number of amides is 1. The number of nitrogens with zero attached hydrogens (tertiary/aromatic N) is 4. The second-order valence-electron chi connectivity index (χ2n) is 6.26. The predicted molar refractivity (Wildman–Crippen MR) is 83.2 cm³/mol. The fourth-order valence-corrected chi connectivity index (χ4v) is 3.68. The van der Waals surface area contributed by atoms with Crippen molar-refractivity contribution in [1.82, 2.24) is 9.78 Å². The van der Waals surface area contributed by atoms with Crippen molar-refractivity contribution >= 4 is 23.3 Å². The molecule has 0 unspecified atom stereocenters. The van der Waals surface area contributed by atoms with E-state index < -0.39 is 0 Å². The quantitative estimate of drug-likeness (QED) is 0.682. The molecule has 2 fully saturated rings. The second kappa shape index (κ2) is 6.17. The summed E-state index contributed by atoms with van der Waals surface area (Å²) in [5, 5.41) is 14.5. The van der Waals surface area contributed by atoms with E-state index in [1.54, 1.807) is 11.0 Å². The van der Waals surface area contributed by atoms with Crippen molar-refractivity contribution < 1.29 is 4.79 Å². The lowest BCUT2D eigenvalue weighted by Crippen LogP contribution is -2.47. The third-order valence-corrected chi connectivity index (χ3v) is 5.12. The zero-order chi connectivity index (χ0) is 15.7. The van der Waals surface area contributed by atoms with Gasteiger partial charge in [-0.2, -0.15) is 10.4 Å². The Morgan fingerprint density at radius 1 is 1.41 bits per heavy atom. The number of halogens is 1. The summed E-state index contributed by atoms with van der Waals surface area (Å²) in [7, 11) is 0. The molecule has 0 radical (unpaired) electrons. The highest BCUT2D eigenvalue weighted by atomic mass is 35.5. The summed E-state index contributed by atoms with van der Waals surface area (Å²) in [6.07, 6.45) is 9.21. The van der Waals surface area contributed by atoms with Crippen LogP contribution in [0.3, 0.4) is 0 Å². The summed E-state index contributed by atoms with van der Waals surface area (Å²) in [6.45, 7) is 0. The van der Waals surface area contributed by atoms with Gasteiger partial charge in [-0.3, -0.25) is 9.69 Å². The van der Waals surface area contributed by atoms with Crippen molar-refractivity contribution in [2.75, 3.05) is 4.90 Å². The van der Waals surface area contributed by atoms with Crippen molar-refractivity contribution in [3.63, 3.8) is 0 Å². The predicted octanol–water partition coefficient (Wildman–Crippen LogP) is 2.59. The smallest absolute Gasteiger partial charge is 0.220 e. The summed E-state index contributed by atoms with van der Waals surface area (Å²) >= 11 is 6.31. The Hall–Kier alpha value is -1.74. The zero-order valence-electron chi connectivity index (χ0n) is 12.4. The highest BCUT2D eigenvalue weighted by Crippen LogP contribution is 2.36. The Bertz CT molecular complexity index is 596. The van der Waals surface area contributed by atoms with E-state index in [0.29, 0.717) is 29.9 Å².